The molecule has 0 aromatic carbocycles. The molecule has 190 valence electrons. The van der Waals surface area contributed by atoms with Crippen LogP contribution in [0.1, 0.15) is 97.3 Å². The first kappa shape index (κ1) is 29.3. The lowest BCUT2D eigenvalue weighted by Crippen LogP contribution is -2.59. The molecule has 0 aliphatic carbocycles. The molecule has 1 fully saturated rings. The van der Waals surface area contributed by atoms with E-state index in [9.17, 15) is 25.2 Å². The number of hydrogen-bond acceptors (Lipinski definition) is 7. The van der Waals surface area contributed by atoms with Crippen LogP contribution in [0.3, 0.4) is 0 Å². The van der Waals surface area contributed by atoms with E-state index in [4.69, 9.17) is 9.47 Å². The Kier molecular flexibility index (Phi) is 16.2. The molecule has 0 spiro atoms. The van der Waals surface area contributed by atoms with Gasteiger partial charge in [0.05, 0.1) is 19.3 Å². The third-order valence-corrected chi connectivity index (χ3v) is 6.12. The summed E-state index contributed by atoms with van der Waals surface area (Å²) in [5.74, 6) is -0.161. The molecule has 1 amide bonds. The van der Waals surface area contributed by atoms with Crippen molar-refractivity contribution >= 4 is 5.91 Å². The maximum atomic E-state index is 11.5. The van der Waals surface area contributed by atoms with E-state index in [1.165, 1.54) is 71.1 Å². The van der Waals surface area contributed by atoms with E-state index in [-0.39, 0.29) is 18.6 Å². The molecular formula is C24H47NO7. The highest BCUT2D eigenvalue weighted by atomic mass is 16.7. The fourth-order valence-electron chi connectivity index (χ4n) is 4.13. The summed E-state index contributed by atoms with van der Waals surface area (Å²) in [4.78, 5) is 11.5. The summed E-state index contributed by atoms with van der Waals surface area (Å²) in [6.45, 7) is 3.30. The quantitative estimate of drug-likeness (QED) is 0.198. The molecule has 0 aromatic rings. The molecule has 0 aromatic heterocycles. The van der Waals surface area contributed by atoms with Crippen molar-refractivity contribution in [2.45, 2.75) is 134 Å². The number of hydrogen-bond donors (Lipinski definition) is 5. The lowest BCUT2D eigenvalue weighted by Gasteiger charge is -2.40. The number of carbonyl (C=O) groups excluding carboxylic acids is 1. The van der Waals surface area contributed by atoms with Gasteiger partial charge in [-0.3, -0.25) is 4.79 Å². The number of unbranched alkanes of at least 4 members (excludes halogenated alkanes) is 11. The van der Waals surface area contributed by atoms with Crippen molar-refractivity contribution in [1.29, 1.82) is 0 Å². The first-order chi connectivity index (χ1) is 15.4. The average molecular weight is 462 g/mol. The summed E-state index contributed by atoms with van der Waals surface area (Å²) in [7, 11) is 0. The van der Waals surface area contributed by atoms with Crippen LogP contribution in [0, 0.1) is 0 Å². The van der Waals surface area contributed by atoms with Crippen LogP contribution in [-0.4, -0.2) is 76.3 Å². The zero-order chi connectivity index (χ0) is 23.8. The molecule has 6 atom stereocenters. The van der Waals surface area contributed by atoms with E-state index in [0.717, 1.165) is 19.3 Å². The molecule has 5 N–H and O–H groups in total. The highest BCUT2D eigenvalue weighted by Gasteiger charge is 2.44. The normalized spacial score (nSPS) is 26.8. The molecule has 1 saturated heterocycles. The van der Waals surface area contributed by atoms with E-state index < -0.39 is 37.3 Å². The van der Waals surface area contributed by atoms with Crippen molar-refractivity contribution in [1.82, 2.24) is 5.32 Å². The molecule has 8 heteroatoms. The Bertz CT molecular complexity index is 477. The van der Waals surface area contributed by atoms with Gasteiger partial charge in [-0.05, 0) is 6.42 Å². The van der Waals surface area contributed by atoms with Gasteiger partial charge < -0.3 is 35.2 Å². The number of amides is 1. The lowest BCUT2D eigenvalue weighted by molar-refractivity contribution is -0.302. The van der Waals surface area contributed by atoms with Gasteiger partial charge in [0.25, 0.3) is 0 Å². The van der Waals surface area contributed by atoms with Crippen LogP contribution in [0.15, 0.2) is 0 Å². The second-order valence-electron chi connectivity index (χ2n) is 9.11. The van der Waals surface area contributed by atoms with Crippen LogP contribution in [-0.2, 0) is 14.3 Å². The van der Waals surface area contributed by atoms with Crippen molar-refractivity contribution < 1.29 is 34.7 Å². The molecule has 0 radical (unpaired) electrons. The molecular weight excluding hydrogens is 414 g/mol. The van der Waals surface area contributed by atoms with Gasteiger partial charge in [-0.15, -0.1) is 0 Å². The number of carbonyl (C=O) groups is 1. The molecule has 8 nitrogen and oxygen atoms in total. The summed E-state index contributed by atoms with van der Waals surface area (Å²) < 4.78 is 11.0. The minimum absolute atomic E-state index is 0.111. The number of aliphatic hydroxyl groups excluding tert-OH is 4. The summed E-state index contributed by atoms with van der Waals surface area (Å²) in [5, 5.41) is 41.9. The van der Waals surface area contributed by atoms with Crippen molar-refractivity contribution in [3.8, 4) is 0 Å². The first-order valence-corrected chi connectivity index (χ1v) is 12.6. The predicted molar refractivity (Wildman–Crippen MR) is 123 cm³/mol. The van der Waals surface area contributed by atoms with Crippen LogP contribution >= 0.6 is 0 Å². The molecule has 1 unspecified atom stereocenters. The molecule has 1 rings (SSSR count). The fourth-order valence-corrected chi connectivity index (χ4v) is 4.13. The standard InChI is InChI=1S/C24H47NO7/c1-3-4-5-6-7-8-9-10-11-12-13-14-15-19(25-18(2)27)17-31-24-23(30)22(29)21(28)20(16-26)32-24/h19-24,26,28-30H,3-17H2,1-2H3,(H,25,27)/t19?,20-,21+,22+,23-,24+/m1/s1. The highest BCUT2D eigenvalue weighted by Crippen LogP contribution is 2.22. The van der Waals surface area contributed by atoms with Gasteiger partial charge in [0.15, 0.2) is 6.29 Å². The largest absolute Gasteiger partial charge is 0.394 e. The van der Waals surface area contributed by atoms with Gasteiger partial charge in [0.1, 0.15) is 24.4 Å². The summed E-state index contributed by atoms with van der Waals surface area (Å²) >= 11 is 0. The van der Waals surface area contributed by atoms with Gasteiger partial charge >= 0.3 is 0 Å². The van der Waals surface area contributed by atoms with Gasteiger partial charge in [-0.2, -0.15) is 0 Å². The lowest BCUT2D eigenvalue weighted by atomic mass is 9.99. The van der Waals surface area contributed by atoms with Crippen LogP contribution < -0.4 is 5.32 Å². The smallest absolute Gasteiger partial charge is 0.217 e. The number of rotatable bonds is 18. The Labute approximate surface area is 193 Å². The zero-order valence-corrected chi connectivity index (χ0v) is 20.1. The van der Waals surface area contributed by atoms with Gasteiger partial charge in [-0.25, -0.2) is 0 Å². The van der Waals surface area contributed by atoms with Gasteiger partial charge in [0.2, 0.25) is 5.91 Å². The first-order valence-electron chi connectivity index (χ1n) is 12.6. The van der Waals surface area contributed by atoms with Crippen LogP contribution in [0.2, 0.25) is 0 Å². The van der Waals surface area contributed by atoms with Crippen LogP contribution in [0.4, 0.5) is 0 Å². The average Bonchev–Trinajstić information content (AvgIpc) is 2.77. The van der Waals surface area contributed by atoms with Crippen molar-refractivity contribution in [3.63, 3.8) is 0 Å². The van der Waals surface area contributed by atoms with E-state index in [1.54, 1.807) is 0 Å². The Hall–Kier alpha value is -0.770. The molecule has 1 aliphatic rings. The second-order valence-corrected chi connectivity index (χ2v) is 9.11. The molecule has 0 saturated carbocycles. The Morgan fingerprint density at radius 2 is 1.41 bits per heavy atom. The maximum absolute atomic E-state index is 11.5. The fraction of sp³-hybridized carbons (Fsp3) is 0.958. The van der Waals surface area contributed by atoms with Crippen LogP contribution in [0.25, 0.3) is 0 Å². The van der Waals surface area contributed by atoms with Crippen molar-refractivity contribution in [2.75, 3.05) is 13.2 Å². The van der Waals surface area contributed by atoms with E-state index in [1.807, 2.05) is 0 Å². The molecule has 1 heterocycles. The Morgan fingerprint density at radius 3 is 1.91 bits per heavy atom. The number of aliphatic hydroxyl groups is 4. The predicted octanol–water partition coefficient (Wildman–Crippen LogP) is 2.40. The topological polar surface area (TPSA) is 128 Å². The third kappa shape index (κ3) is 11.9. The number of ether oxygens (including phenoxy) is 2. The monoisotopic (exact) mass is 461 g/mol. The van der Waals surface area contributed by atoms with Crippen LogP contribution in [0.5, 0.6) is 0 Å². The van der Waals surface area contributed by atoms with E-state index in [2.05, 4.69) is 12.2 Å². The summed E-state index contributed by atoms with van der Waals surface area (Å²) in [5.41, 5.74) is 0. The van der Waals surface area contributed by atoms with Gasteiger partial charge in [0, 0.05) is 6.92 Å². The minimum atomic E-state index is -1.47. The van der Waals surface area contributed by atoms with Crippen molar-refractivity contribution in [2.24, 2.45) is 0 Å². The summed E-state index contributed by atoms with van der Waals surface area (Å²) in [6, 6.07) is -0.233. The second kappa shape index (κ2) is 17.7. The Morgan fingerprint density at radius 1 is 0.875 bits per heavy atom. The molecule has 1 aliphatic heterocycles. The minimum Gasteiger partial charge on any atom is -0.394 e. The van der Waals surface area contributed by atoms with Gasteiger partial charge in [-0.1, -0.05) is 84.0 Å². The third-order valence-electron chi connectivity index (χ3n) is 6.12. The molecule has 0 bridgehead atoms. The maximum Gasteiger partial charge on any atom is 0.217 e. The van der Waals surface area contributed by atoms with Crippen molar-refractivity contribution in [3.05, 3.63) is 0 Å². The molecule has 32 heavy (non-hydrogen) atoms. The summed E-state index contributed by atoms with van der Waals surface area (Å²) in [6.07, 6.45) is 9.37. The Balaban J connectivity index is 2.21. The van der Waals surface area contributed by atoms with E-state index >= 15 is 0 Å². The highest BCUT2D eigenvalue weighted by molar-refractivity contribution is 5.73. The SMILES string of the molecule is CCCCCCCCCCCCCCC(CO[C@H]1O[C@H](CO)[C@H](O)[C@H](O)[C@H]1O)NC(C)=O. The van der Waals surface area contributed by atoms with E-state index in [0.29, 0.717) is 0 Å². The zero-order valence-electron chi connectivity index (χ0n) is 20.1. The number of nitrogens with one attached hydrogen (secondary N) is 1.